The second-order valence-corrected chi connectivity index (χ2v) is 7.45. The highest BCUT2D eigenvalue weighted by atomic mass is 16.3. The topological polar surface area (TPSA) is 101 Å². The van der Waals surface area contributed by atoms with Crippen molar-refractivity contribution in [2.24, 2.45) is 0 Å². The summed E-state index contributed by atoms with van der Waals surface area (Å²) in [5.41, 5.74) is 1.84. The number of Topliss-reactive ketones (excluding diaryl/α,β-unsaturated/α-hetero) is 2. The molecule has 148 valence electrons. The zero-order valence-corrected chi connectivity index (χ0v) is 16.2. The first kappa shape index (κ1) is 19.7. The molecule has 1 fully saturated rings. The first-order valence-electron chi connectivity index (χ1n) is 8.90. The average Bonchev–Trinajstić information content (AvgIpc) is 2.84. The number of rotatable bonds is 4. The molecule has 0 spiro atoms. The summed E-state index contributed by atoms with van der Waals surface area (Å²) in [5, 5.41) is 31.6. The smallest absolute Gasteiger partial charge is 0.209 e. The summed E-state index contributed by atoms with van der Waals surface area (Å²) in [7, 11) is 7.24. The Morgan fingerprint density at radius 1 is 0.714 bits per heavy atom. The van der Waals surface area contributed by atoms with Crippen LogP contribution in [0, 0.1) is 0 Å². The first-order chi connectivity index (χ1) is 13.1. The minimum atomic E-state index is -1.38. The van der Waals surface area contributed by atoms with Crippen molar-refractivity contribution in [2.75, 3.05) is 38.0 Å². The van der Waals surface area contributed by atoms with Gasteiger partial charge in [-0.05, 0) is 12.1 Å². The third-order valence-corrected chi connectivity index (χ3v) is 5.22. The molecule has 7 nitrogen and oxygen atoms in total. The second-order valence-electron chi connectivity index (χ2n) is 7.45. The predicted molar refractivity (Wildman–Crippen MR) is 106 cm³/mol. The van der Waals surface area contributed by atoms with Crippen LogP contribution < -0.4 is 9.80 Å². The normalized spacial score (nSPS) is 21.8. The number of phenolic OH excluding ortho intramolecular Hbond substituents is 2. The standard InChI is InChI=1S/C21H24N2O5/c1-22(2)11-5-7-13(15(24)9-11)17-19(26)18(21(28)20(17)27)14-8-6-12(23(3)4)10-16(14)25/h5-10,17-19,24-26H,1-4H3. The molecule has 1 aliphatic rings. The lowest BCUT2D eigenvalue weighted by atomic mass is 9.88. The molecule has 1 aliphatic carbocycles. The van der Waals surface area contributed by atoms with E-state index in [4.69, 9.17) is 0 Å². The Hall–Kier alpha value is -3.06. The summed E-state index contributed by atoms with van der Waals surface area (Å²) >= 11 is 0. The van der Waals surface area contributed by atoms with Crippen molar-refractivity contribution in [3.05, 3.63) is 47.5 Å². The zero-order chi connectivity index (χ0) is 20.7. The molecule has 0 bridgehead atoms. The number of aliphatic hydroxyl groups is 1. The van der Waals surface area contributed by atoms with Gasteiger partial charge in [0.25, 0.3) is 0 Å². The van der Waals surface area contributed by atoms with Gasteiger partial charge in [-0.25, -0.2) is 0 Å². The number of benzene rings is 2. The van der Waals surface area contributed by atoms with Crippen molar-refractivity contribution in [2.45, 2.75) is 17.9 Å². The van der Waals surface area contributed by atoms with E-state index in [0.717, 1.165) is 11.4 Å². The third kappa shape index (κ3) is 3.18. The molecular weight excluding hydrogens is 360 g/mol. The van der Waals surface area contributed by atoms with Crippen LogP contribution in [-0.2, 0) is 9.59 Å². The summed E-state index contributed by atoms with van der Waals surface area (Å²) in [6.07, 6.45) is -1.38. The van der Waals surface area contributed by atoms with Gasteiger partial charge < -0.3 is 25.1 Å². The largest absolute Gasteiger partial charge is 0.508 e. The zero-order valence-electron chi connectivity index (χ0n) is 16.2. The lowest BCUT2D eigenvalue weighted by Crippen LogP contribution is -2.21. The fourth-order valence-corrected chi connectivity index (χ4v) is 3.61. The lowest BCUT2D eigenvalue weighted by molar-refractivity contribution is -0.135. The molecule has 0 radical (unpaired) electrons. The average molecular weight is 384 g/mol. The maximum absolute atomic E-state index is 12.6. The highest BCUT2D eigenvalue weighted by Crippen LogP contribution is 2.45. The molecule has 28 heavy (non-hydrogen) atoms. The van der Waals surface area contributed by atoms with Crippen LogP contribution in [0.1, 0.15) is 23.0 Å². The molecule has 3 rings (SSSR count). The molecule has 0 heterocycles. The number of hydrogen-bond acceptors (Lipinski definition) is 7. The summed E-state index contributed by atoms with van der Waals surface area (Å²) in [6, 6.07) is 9.46. The molecule has 2 atom stereocenters. The third-order valence-electron chi connectivity index (χ3n) is 5.22. The van der Waals surface area contributed by atoms with Crippen molar-refractivity contribution >= 4 is 22.9 Å². The van der Waals surface area contributed by atoms with E-state index in [0.29, 0.717) is 0 Å². The Labute approximate surface area is 163 Å². The number of hydrogen-bond donors (Lipinski definition) is 3. The van der Waals surface area contributed by atoms with Gasteiger partial charge >= 0.3 is 0 Å². The highest BCUT2D eigenvalue weighted by Gasteiger charge is 2.51. The van der Waals surface area contributed by atoms with Crippen molar-refractivity contribution in [3.63, 3.8) is 0 Å². The van der Waals surface area contributed by atoms with Crippen molar-refractivity contribution in [1.29, 1.82) is 0 Å². The number of anilines is 2. The SMILES string of the molecule is CN(C)c1ccc(C2C(=O)C(=O)C(c3ccc(N(C)C)cc3O)C2O)c(O)c1. The van der Waals surface area contributed by atoms with Crippen LogP contribution in [0.15, 0.2) is 36.4 Å². The van der Waals surface area contributed by atoms with Crippen molar-refractivity contribution in [1.82, 2.24) is 0 Å². The summed E-state index contributed by atoms with van der Waals surface area (Å²) in [5.74, 6) is -4.24. The van der Waals surface area contributed by atoms with Crippen LogP contribution in [0.2, 0.25) is 0 Å². The number of carbonyl (C=O) groups excluding carboxylic acids is 2. The van der Waals surface area contributed by atoms with Crippen LogP contribution in [0.3, 0.4) is 0 Å². The van der Waals surface area contributed by atoms with Crippen LogP contribution in [-0.4, -0.2) is 61.2 Å². The molecule has 7 heteroatoms. The Bertz CT molecular complexity index is 863. The number of aliphatic hydroxyl groups excluding tert-OH is 1. The first-order valence-corrected chi connectivity index (χ1v) is 8.90. The van der Waals surface area contributed by atoms with E-state index in [1.807, 2.05) is 28.2 Å². The number of ketones is 2. The van der Waals surface area contributed by atoms with Gasteiger partial charge in [0.2, 0.25) is 11.6 Å². The summed E-state index contributed by atoms with van der Waals surface area (Å²) in [6.45, 7) is 0. The van der Waals surface area contributed by atoms with E-state index >= 15 is 0 Å². The lowest BCUT2D eigenvalue weighted by Gasteiger charge is -2.21. The van der Waals surface area contributed by atoms with Gasteiger partial charge in [-0.15, -0.1) is 0 Å². The van der Waals surface area contributed by atoms with Gasteiger partial charge in [-0.1, -0.05) is 12.1 Å². The Balaban J connectivity index is 2.01. The van der Waals surface area contributed by atoms with Gasteiger partial charge in [-0.2, -0.15) is 0 Å². The molecule has 3 N–H and O–H groups in total. The summed E-state index contributed by atoms with van der Waals surface area (Å²) in [4.78, 5) is 28.8. The van der Waals surface area contributed by atoms with Crippen LogP contribution in [0.5, 0.6) is 11.5 Å². The molecule has 0 aliphatic heterocycles. The minimum Gasteiger partial charge on any atom is -0.508 e. The number of aromatic hydroxyl groups is 2. The van der Waals surface area contributed by atoms with Crippen LogP contribution in [0.4, 0.5) is 11.4 Å². The molecule has 0 aromatic heterocycles. The van der Waals surface area contributed by atoms with E-state index in [1.165, 1.54) is 12.1 Å². The van der Waals surface area contributed by atoms with Crippen molar-refractivity contribution < 1.29 is 24.9 Å². The fraction of sp³-hybridized carbons (Fsp3) is 0.333. The van der Waals surface area contributed by atoms with Crippen LogP contribution >= 0.6 is 0 Å². The molecule has 0 saturated heterocycles. The Morgan fingerprint density at radius 2 is 1.07 bits per heavy atom. The molecular formula is C21H24N2O5. The quantitative estimate of drug-likeness (QED) is 0.689. The van der Waals surface area contributed by atoms with Gasteiger partial charge in [0.15, 0.2) is 0 Å². The van der Waals surface area contributed by atoms with Gasteiger partial charge in [-0.3, -0.25) is 9.59 Å². The Kier molecular flexibility index (Phi) is 5.04. The van der Waals surface area contributed by atoms with Gasteiger partial charge in [0.1, 0.15) is 11.5 Å². The minimum absolute atomic E-state index is 0.163. The summed E-state index contributed by atoms with van der Waals surface area (Å²) < 4.78 is 0. The van der Waals surface area contributed by atoms with E-state index < -0.39 is 29.5 Å². The number of nitrogens with zero attached hydrogens (tertiary/aromatic N) is 2. The molecule has 2 aromatic rings. The second kappa shape index (κ2) is 7.16. The monoisotopic (exact) mass is 384 g/mol. The number of phenols is 2. The molecule has 2 unspecified atom stereocenters. The Morgan fingerprint density at radius 3 is 1.36 bits per heavy atom. The van der Waals surface area contributed by atoms with Crippen LogP contribution in [0.25, 0.3) is 0 Å². The predicted octanol–water partition coefficient (Wildman–Crippen LogP) is 1.61. The molecule has 2 aromatic carbocycles. The van der Waals surface area contributed by atoms with E-state index in [1.54, 1.807) is 34.1 Å². The molecule has 0 amide bonds. The van der Waals surface area contributed by atoms with E-state index in [-0.39, 0.29) is 22.6 Å². The van der Waals surface area contributed by atoms with E-state index in [2.05, 4.69) is 0 Å². The molecule has 1 saturated carbocycles. The van der Waals surface area contributed by atoms with Crippen molar-refractivity contribution in [3.8, 4) is 11.5 Å². The highest BCUT2D eigenvalue weighted by molar-refractivity contribution is 6.44. The van der Waals surface area contributed by atoms with Gasteiger partial charge in [0, 0.05) is 62.8 Å². The fourth-order valence-electron chi connectivity index (χ4n) is 3.61. The number of carbonyl (C=O) groups is 2. The maximum Gasteiger partial charge on any atom is 0.209 e. The maximum atomic E-state index is 12.6. The van der Waals surface area contributed by atoms with Gasteiger partial charge in [0.05, 0.1) is 17.9 Å². The van der Waals surface area contributed by atoms with E-state index in [9.17, 15) is 24.9 Å².